The minimum Gasteiger partial charge on any atom is -0.356 e. The molecule has 4 atom stereocenters. The number of rotatable bonds is 7. The third-order valence-electron chi connectivity index (χ3n) is 6.01. The molecule has 0 radical (unpaired) electrons. The molecular formula is C19H25F2IN6O2. The van der Waals surface area contributed by atoms with E-state index in [9.17, 15) is 18.4 Å². The molecule has 1 saturated carbocycles. The summed E-state index contributed by atoms with van der Waals surface area (Å²) in [6.45, 7) is -1.70. The number of aliphatic imine (C=N–C) groups is 1. The van der Waals surface area contributed by atoms with Gasteiger partial charge in [-0.25, -0.2) is 4.98 Å². The van der Waals surface area contributed by atoms with E-state index >= 15 is 0 Å². The summed E-state index contributed by atoms with van der Waals surface area (Å²) < 4.78 is 26.5. The fraction of sp³-hybridized carbons (Fsp3) is 0.579. The van der Waals surface area contributed by atoms with Gasteiger partial charge in [0.15, 0.2) is 5.96 Å². The van der Waals surface area contributed by atoms with Crippen molar-refractivity contribution in [2.45, 2.75) is 25.9 Å². The van der Waals surface area contributed by atoms with Crippen LogP contribution < -0.4 is 10.6 Å². The molecule has 30 heavy (non-hydrogen) atoms. The number of allylic oxidation sites excluding steroid dienone is 2. The first-order chi connectivity index (χ1) is 14.0. The molecule has 2 fully saturated rings. The summed E-state index contributed by atoms with van der Waals surface area (Å²) in [6.07, 6.45) is 8.20. The number of fused-ring (bicyclic) bond motifs is 5. The van der Waals surface area contributed by atoms with Gasteiger partial charge in [0.25, 0.3) is 0 Å². The Hall–Kier alpha value is -2.05. The summed E-state index contributed by atoms with van der Waals surface area (Å²) in [5.74, 6) is 0.646. The number of halogens is 3. The summed E-state index contributed by atoms with van der Waals surface area (Å²) in [6, 6.07) is 0. The standard InChI is InChI=1S/C19H24F2N6O2.HI/c1-22-19(25-10-13-23-6-8-26(13)18(20)21)24-5-2-7-27-16(28)14-11-3-4-12(9-11)15(14)17(27)29;/h3-4,6,8,11-12,14-15,18H,2,5,7,9-10H2,1H3,(H2,22,24,25);1H. The fourth-order valence-electron chi connectivity index (χ4n) is 4.67. The van der Waals surface area contributed by atoms with Crippen molar-refractivity contribution in [3.05, 3.63) is 30.4 Å². The van der Waals surface area contributed by atoms with Crippen LogP contribution in [0.3, 0.4) is 0 Å². The number of amides is 2. The second-order valence-corrected chi connectivity index (χ2v) is 7.56. The number of nitrogens with one attached hydrogen (secondary N) is 2. The van der Waals surface area contributed by atoms with E-state index in [1.807, 2.05) is 0 Å². The van der Waals surface area contributed by atoms with E-state index in [0.717, 1.165) is 11.0 Å². The van der Waals surface area contributed by atoms with Gasteiger partial charge in [0.2, 0.25) is 11.8 Å². The van der Waals surface area contributed by atoms with Crippen molar-refractivity contribution < 1.29 is 18.4 Å². The SMILES string of the molecule is CN=C(NCCCN1C(=O)C2C3C=CC(C3)C2C1=O)NCc1nccn1C(F)F.I. The van der Waals surface area contributed by atoms with Gasteiger partial charge in [-0.05, 0) is 24.7 Å². The molecule has 1 aliphatic heterocycles. The number of nitrogens with zero attached hydrogens (tertiary/aromatic N) is 4. The molecule has 2 amide bonds. The molecule has 0 spiro atoms. The Labute approximate surface area is 190 Å². The van der Waals surface area contributed by atoms with Gasteiger partial charge in [-0.3, -0.25) is 24.0 Å². The summed E-state index contributed by atoms with van der Waals surface area (Å²) in [7, 11) is 1.58. The minimum absolute atomic E-state index is 0. The molecule has 4 unspecified atom stereocenters. The topological polar surface area (TPSA) is 91.6 Å². The second kappa shape index (κ2) is 9.40. The zero-order valence-corrected chi connectivity index (χ0v) is 18.8. The van der Waals surface area contributed by atoms with E-state index in [-0.39, 0.29) is 71.8 Å². The highest BCUT2D eigenvalue weighted by molar-refractivity contribution is 14.0. The van der Waals surface area contributed by atoms with Crippen LogP contribution in [0.1, 0.15) is 25.2 Å². The van der Waals surface area contributed by atoms with Crippen LogP contribution in [-0.2, 0) is 16.1 Å². The van der Waals surface area contributed by atoms with Gasteiger partial charge in [-0.15, -0.1) is 24.0 Å². The lowest BCUT2D eigenvalue weighted by Crippen LogP contribution is -2.40. The highest BCUT2D eigenvalue weighted by Crippen LogP contribution is 2.52. The second-order valence-electron chi connectivity index (χ2n) is 7.56. The number of hydrogen-bond donors (Lipinski definition) is 2. The van der Waals surface area contributed by atoms with Crippen molar-refractivity contribution in [3.63, 3.8) is 0 Å². The maximum atomic E-state index is 12.8. The van der Waals surface area contributed by atoms with Gasteiger partial charge in [0.1, 0.15) is 5.82 Å². The molecule has 4 rings (SSSR count). The molecule has 164 valence electrons. The van der Waals surface area contributed by atoms with Crippen LogP contribution in [0.2, 0.25) is 0 Å². The molecule has 11 heteroatoms. The fourth-order valence-corrected chi connectivity index (χ4v) is 4.67. The predicted octanol–water partition coefficient (Wildman–Crippen LogP) is 1.76. The largest absolute Gasteiger partial charge is 0.356 e. The number of hydrogen-bond acceptors (Lipinski definition) is 4. The molecule has 0 aromatic carbocycles. The Bertz CT molecular complexity index is 828. The maximum absolute atomic E-state index is 12.8. The van der Waals surface area contributed by atoms with E-state index in [0.29, 0.717) is 25.5 Å². The maximum Gasteiger partial charge on any atom is 0.319 e. The number of aromatic nitrogens is 2. The average molecular weight is 534 g/mol. The summed E-state index contributed by atoms with van der Waals surface area (Å²) in [5.41, 5.74) is 0. The third kappa shape index (κ3) is 4.08. The first-order valence-corrected chi connectivity index (χ1v) is 9.79. The van der Waals surface area contributed by atoms with Crippen molar-refractivity contribution in [3.8, 4) is 0 Å². The zero-order valence-electron chi connectivity index (χ0n) is 16.5. The van der Waals surface area contributed by atoms with Gasteiger partial charge in [-0.2, -0.15) is 8.78 Å². The Morgan fingerprint density at radius 2 is 1.90 bits per heavy atom. The van der Waals surface area contributed by atoms with Crippen LogP contribution in [0.25, 0.3) is 0 Å². The zero-order chi connectivity index (χ0) is 20.5. The van der Waals surface area contributed by atoms with Gasteiger partial charge in [0.05, 0.1) is 18.4 Å². The summed E-state index contributed by atoms with van der Waals surface area (Å²) >= 11 is 0. The van der Waals surface area contributed by atoms with Gasteiger partial charge >= 0.3 is 6.55 Å². The van der Waals surface area contributed by atoms with E-state index in [1.165, 1.54) is 17.3 Å². The molecular weight excluding hydrogens is 509 g/mol. The Balaban J connectivity index is 0.00000256. The summed E-state index contributed by atoms with van der Waals surface area (Å²) in [5, 5.41) is 6.00. The molecule has 8 nitrogen and oxygen atoms in total. The van der Waals surface area contributed by atoms with E-state index in [2.05, 4.69) is 32.8 Å². The first-order valence-electron chi connectivity index (χ1n) is 9.79. The molecule has 3 aliphatic rings. The molecule has 2 heterocycles. The Morgan fingerprint density at radius 3 is 2.50 bits per heavy atom. The van der Waals surface area contributed by atoms with Gasteiger partial charge in [-0.1, -0.05) is 12.2 Å². The van der Waals surface area contributed by atoms with E-state index in [1.54, 1.807) is 7.05 Å². The number of likely N-dealkylation sites (tertiary alicyclic amines) is 1. The minimum atomic E-state index is -2.65. The number of imide groups is 1. The lowest BCUT2D eigenvalue weighted by atomic mass is 9.85. The van der Waals surface area contributed by atoms with Crippen LogP contribution in [0.4, 0.5) is 8.78 Å². The quantitative estimate of drug-likeness (QED) is 0.139. The highest BCUT2D eigenvalue weighted by atomic mass is 127. The average Bonchev–Trinajstić information content (AvgIpc) is 3.47. The van der Waals surface area contributed by atoms with Crippen LogP contribution in [0, 0.1) is 23.7 Å². The van der Waals surface area contributed by atoms with Crippen LogP contribution in [-0.4, -0.2) is 52.4 Å². The van der Waals surface area contributed by atoms with Crippen molar-refractivity contribution in [1.29, 1.82) is 0 Å². The van der Waals surface area contributed by atoms with Crippen molar-refractivity contribution in [2.24, 2.45) is 28.7 Å². The normalized spacial score (nSPS) is 27.1. The monoisotopic (exact) mass is 534 g/mol. The summed E-state index contributed by atoms with van der Waals surface area (Å²) in [4.78, 5) is 34.6. The van der Waals surface area contributed by atoms with Crippen molar-refractivity contribution >= 4 is 41.8 Å². The predicted molar refractivity (Wildman–Crippen MR) is 116 cm³/mol. The Morgan fingerprint density at radius 1 is 1.23 bits per heavy atom. The van der Waals surface area contributed by atoms with Crippen LogP contribution >= 0.6 is 24.0 Å². The van der Waals surface area contributed by atoms with Gasteiger partial charge in [0, 0.05) is 32.5 Å². The molecule has 2 aliphatic carbocycles. The number of carbonyl (C=O) groups is 2. The lowest BCUT2D eigenvalue weighted by Gasteiger charge is -2.18. The molecule has 2 bridgehead atoms. The highest BCUT2D eigenvalue weighted by Gasteiger charge is 2.58. The van der Waals surface area contributed by atoms with Crippen molar-refractivity contribution in [1.82, 2.24) is 25.1 Å². The smallest absolute Gasteiger partial charge is 0.319 e. The first kappa shape index (κ1) is 22.6. The number of guanidine groups is 1. The lowest BCUT2D eigenvalue weighted by molar-refractivity contribution is -0.140. The van der Waals surface area contributed by atoms with E-state index < -0.39 is 6.55 Å². The molecule has 2 N–H and O–H groups in total. The van der Waals surface area contributed by atoms with Crippen LogP contribution in [0.15, 0.2) is 29.5 Å². The molecule has 1 aromatic heterocycles. The number of alkyl halides is 2. The number of carbonyl (C=O) groups excluding carboxylic acids is 2. The molecule has 1 aromatic rings. The Kier molecular flexibility index (Phi) is 7.09. The molecule has 1 saturated heterocycles. The van der Waals surface area contributed by atoms with Gasteiger partial charge < -0.3 is 10.6 Å². The van der Waals surface area contributed by atoms with Crippen LogP contribution in [0.5, 0.6) is 0 Å². The number of imidazole rings is 1. The van der Waals surface area contributed by atoms with Crippen molar-refractivity contribution in [2.75, 3.05) is 20.1 Å². The van der Waals surface area contributed by atoms with E-state index in [4.69, 9.17) is 0 Å². The third-order valence-corrected chi connectivity index (χ3v) is 6.01.